The van der Waals surface area contributed by atoms with Crippen LogP contribution in [0.15, 0.2) is 60.7 Å². The van der Waals surface area contributed by atoms with Gasteiger partial charge >= 0.3 is 6.36 Å². The maximum Gasteiger partial charge on any atom is 0.573 e. The van der Waals surface area contributed by atoms with Crippen molar-refractivity contribution in [3.05, 3.63) is 71.8 Å². The molecule has 0 radical (unpaired) electrons. The molecule has 1 aliphatic heterocycles. The number of ether oxygens (including phenoxy) is 2. The van der Waals surface area contributed by atoms with Crippen LogP contribution in [0.2, 0.25) is 0 Å². The molecule has 1 amide bonds. The van der Waals surface area contributed by atoms with Crippen molar-refractivity contribution in [2.75, 3.05) is 12.9 Å². The fourth-order valence-corrected chi connectivity index (χ4v) is 4.81. The van der Waals surface area contributed by atoms with Crippen molar-refractivity contribution in [2.45, 2.75) is 18.3 Å². The fraction of sp³-hybridized carbons (Fsp3) is 0.227. The second-order valence-corrected chi connectivity index (χ2v) is 7.85. The van der Waals surface area contributed by atoms with Crippen LogP contribution in [0.25, 0.3) is 10.8 Å². The summed E-state index contributed by atoms with van der Waals surface area (Å²) in [6.07, 6.45) is -4.74. The van der Waals surface area contributed by atoms with Crippen LogP contribution in [0.3, 0.4) is 0 Å². The lowest BCUT2D eigenvalue weighted by Gasteiger charge is -2.27. The molecule has 0 spiro atoms. The van der Waals surface area contributed by atoms with Crippen LogP contribution < -0.4 is 9.47 Å². The molecule has 30 heavy (non-hydrogen) atoms. The number of fused-ring (bicyclic) bond motifs is 1. The lowest BCUT2D eigenvalue weighted by atomic mass is 10.0. The third-order valence-corrected chi connectivity index (χ3v) is 6.10. The summed E-state index contributed by atoms with van der Waals surface area (Å²) >= 11 is 1.51. The predicted octanol–water partition coefficient (Wildman–Crippen LogP) is 5.52. The third kappa shape index (κ3) is 4.18. The Balaban J connectivity index is 1.65. The Kier molecular flexibility index (Phi) is 5.51. The second-order valence-electron chi connectivity index (χ2n) is 6.78. The van der Waals surface area contributed by atoms with E-state index in [1.807, 2.05) is 36.4 Å². The quantitative estimate of drug-likeness (QED) is 0.531. The molecule has 3 aromatic rings. The number of hydrogen-bond donors (Lipinski definition) is 0. The van der Waals surface area contributed by atoms with Crippen LogP contribution in [-0.2, 0) is 11.3 Å². The molecule has 0 aliphatic carbocycles. The van der Waals surface area contributed by atoms with E-state index >= 15 is 0 Å². The van der Waals surface area contributed by atoms with E-state index in [1.165, 1.54) is 36.0 Å². The zero-order chi connectivity index (χ0) is 21.3. The number of halogens is 3. The number of amides is 1. The van der Waals surface area contributed by atoms with Gasteiger partial charge in [0.05, 0.1) is 12.9 Å². The molecule has 1 aliphatic rings. The Morgan fingerprint density at radius 2 is 1.80 bits per heavy atom. The van der Waals surface area contributed by atoms with Crippen molar-refractivity contribution in [3.63, 3.8) is 0 Å². The molecule has 156 valence electrons. The van der Waals surface area contributed by atoms with E-state index in [4.69, 9.17) is 4.74 Å². The summed E-state index contributed by atoms with van der Waals surface area (Å²) in [4.78, 5) is 14.4. The molecule has 4 nitrogen and oxygen atoms in total. The van der Waals surface area contributed by atoms with E-state index < -0.39 is 6.36 Å². The third-order valence-electron chi connectivity index (χ3n) is 4.88. The van der Waals surface area contributed by atoms with E-state index in [2.05, 4.69) is 4.74 Å². The minimum atomic E-state index is -4.74. The summed E-state index contributed by atoms with van der Waals surface area (Å²) in [6, 6.07) is 17.3. The zero-order valence-corrected chi connectivity index (χ0v) is 16.8. The van der Waals surface area contributed by atoms with E-state index in [1.54, 1.807) is 12.0 Å². The fourth-order valence-electron chi connectivity index (χ4n) is 3.57. The zero-order valence-electron chi connectivity index (χ0n) is 16.0. The minimum absolute atomic E-state index is 0.0318. The van der Waals surface area contributed by atoms with Gasteiger partial charge < -0.3 is 14.4 Å². The normalized spacial score (nSPS) is 16.9. The molecule has 1 heterocycles. The van der Waals surface area contributed by atoms with Crippen molar-refractivity contribution in [2.24, 2.45) is 0 Å². The number of thioether (sulfide) groups is 1. The molecule has 0 bridgehead atoms. The molecular weight excluding hydrogens is 415 g/mol. The van der Waals surface area contributed by atoms with Gasteiger partial charge in [-0.25, -0.2) is 0 Å². The Hall–Kier alpha value is -2.87. The largest absolute Gasteiger partial charge is 0.573 e. The van der Waals surface area contributed by atoms with Gasteiger partial charge in [0, 0.05) is 12.1 Å². The summed E-state index contributed by atoms with van der Waals surface area (Å²) in [6.45, 7) is 0.273. The monoisotopic (exact) mass is 433 g/mol. The van der Waals surface area contributed by atoms with Gasteiger partial charge in [0.15, 0.2) is 0 Å². The highest BCUT2D eigenvalue weighted by Gasteiger charge is 2.36. The standard InChI is InChI=1S/C22H18F3NO3S/c1-28-18-11-8-15-4-2-3-5-17(15)20(18)21-26(19(27)13-30-21)12-14-6-9-16(10-7-14)29-22(23,24)25/h2-11,21H,12-13H2,1H3. The summed E-state index contributed by atoms with van der Waals surface area (Å²) < 4.78 is 46.6. The Bertz CT molecular complexity index is 1070. The molecule has 1 saturated heterocycles. The number of nitrogens with zero attached hydrogens (tertiary/aromatic N) is 1. The van der Waals surface area contributed by atoms with Gasteiger partial charge in [0.2, 0.25) is 5.91 Å². The van der Waals surface area contributed by atoms with Crippen molar-refractivity contribution >= 4 is 28.4 Å². The number of alkyl halides is 3. The van der Waals surface area contributed by atoms with Crippen molar-refractivity contribution < 1.29 is 27.4 Å². The second kappa shape index (κ2) is 8.10. The van der Waals surface area contributed by atoms with Crippen molar-refractivity contribution in [1.82, 2.24) is 4.90 Å². The maximum atomic E-state index is 12.6. The minimum Gasteiger partial charge on any atom is -0.496 e. The topological polar surface area (TPSA) is 38.8 Å². The van der Waals surface area contributed by atoms with Crippen LogP contribution in [0.4, 0.5) is 13.2 Å². The smallest absolute Gasteiger partial charge is 0.496 e. The van der Waals surface area contributed by atoms with E-state index in [9.17, 15) is 18.0 Å². The molecule has 1 fully saturated rings. The number of methoxy groups -OCH3 is 1. The Morgan fingerprint density at radius 1 is 1.07 bits per heavy atom. The SMILES string of the molecule is COc1ccc2ccccc2c1C1SCC(=O)N1Cc1ccc(OC(F)(F)F)cc1. The maximum absolute atomic E-state index is 12.6. The van der Waals surface area contributed by atoms with Crippen LogP contribution >= 0.6 is 11.8 Å². The Labute approximate surface area is 175 Å². The lowest BCUT2D eigenvalue weighted by molar-refractivity contribution is -0.274. The van der Waals surface area contributed by atoms with E-state index in [0.29, 0.717) is 17.1 Å². The average Bonchev–Trinajstić information content (AvgIpc) is 3.07. The van der Waals surface area contributed by atoms with Gasteiger partial charge in [-0.3, -0.25) is 4.79 Å². The molecule has 0 saturated carbocycles. The van der Waals surface area contributed by atoms with Gasteiger partial charge in [-0.1, -0.05) is 42.5 Å². The summed E-state index contributed by atoms with van der Waals surface area (Å²) in [5.74, 6) is 0.697. The average molecular weight is 433 g/mol. The summed E-state index contributed by atoms with van der Waals surface area (Å²) in [5, 5.41) is 1.79. The molecule has 3 aromatic carbocycles. The molecule has 4 rings (SSSR count). The van der Waals surface area contributed by atoms with Crippen molar-refractivity contribution in [3.8, 4) is 11.5 Å². The first-order valence-corrected chi connectivity index (χ1v) is 10.2. The highest BCUT2D eigenvalue weighted by atomic mass is 32.2. The van der Waals surface area contributed by atoms with Gasteiger partial charge in [-0.2, -0.15) is 0 Å². The molecule has 8 heteroatoms. The number of benzene rings is 3. The van der Waals surface area contributed by atoms with Gasteiger partial charge in [-0.05, 0) is 34.5 Å². The van der Waals surface area contributed by atoms with Crippen LogP contribution in [0.1, 0.15) is 16.5 Å². The highest BCUT2D eigenvalue weighted by molar-refractivity contribution is 8.00. The van der Waals surface area contributed by atoms with Gasteiger partial charge in [0.25, 0.3) is 0 Å². The van der Waals surface area contributed by atoms with Crippen LogP contribution in [0, 0.1) is 0 Å². The number of carbonyl (C=O) groups is 1. The van der Waals surface area contributed by atoms with Crippen LogP contribution in [-0.4, -0.2) is 30.0 Å². The van der Waals surface area contributed by atoms with Gasteiger partial charge in [0.1, 0.15) is 16.9 Å². The van der Waals surface area contributed by atoms with E-state index in [0.717, 1.165) is 16.3 Å². The number of hydrogen-bond acceptors (Lipinski definition) is 4. The summed E-state index contributed by atoms with van der Waals surface area (Å²) in [7, 11) is 1.60. The number of rotatable bonds is 5. The van der Waals surface area contributed by atoms with Crippen molar-refractivity contribution in [1.29, 1.82) is 0 Å². The molecule has 1 atom stereocenters. The van der Waals surface area contributed by atoms with E-state index in [-0.39, 0.29) is 23.6 Å². The number of carbonyl (C=O) groups excluding carboxylic acids is 1. The molecule has 0 N–H and O–H groups in total. The first-order chi connectivity index (χ1) is 14.4. The Morgan fingerprint density at radius 3 is 2.50 bits per heavy atom. The predicted molar refractivity (Wildman–Crippen MR) is 109 cm³/mol. The first-order valence-electron chi connectivity index (χ1n) is 9.17. The molecular formula is C22H18F3NO3S. The lowest BCUT2D eigenvalue weighted by Crippen LogP contribution is -2.28. The summed E-state index contributed by atoms with van der Waals surface area (Å²) in [5.41, 5.74) is 1.63. The first kappa shape index (κ1) is 20.4. The van der Waals surface area contributed by atoms with Crippen LogP contribution in [0.5, 0.6) is 11.5 Å². The highest BCUT2D eigenvalue weighted by Crippen LogP contribution is 2.46. The molecule has 1 unspecified atom stereocenters. The molecule has 0 aromatic heterocycles. The van der Waals surface area contributed by atoms with Gasteiger partial charge in [-0.15, -0.1) is 24.9 Å².